The van der Waals surface area contributed by atoms with Crippen LogP contribution in [0.2, 0.25) is 0 Å². The van der Waals surface area contributed by atoms with Crippen LogP contribution < -0.4 is 5.32 Å². The smallest absolute Gasteiger partial charge is 0.155 e. The van der Waals surface area contributed by atoms with Crippen molar-refractivity contribution in [2.75, 3.05) is 6.54 Å². The van der Waals surface area contributed by atoms with Crippen LogP contribution in [0.5, 0.6) is 0 Å². The highest BCUT2D eigenvalue weighted by atomic mass is 16.5. The lowest BCUT2D eigenvalue weighted by Gasteiger charge is -2.50. The van der Waals surface area contributed by atoms with Gasteiger partial charge >= 0.3 is 0 Å². The third kappa shape index (κ3) is 2.13. The fourth-order valence-electron chi connectivity index (χ4n) is 11.0. The van der Waals surface area contributed by atoms with Crippen LogP contribution in [0.15, 0.2) is 11.6 Å². The molecule has 2 aliphatic heterocycles. The van der Waals surface area contributed by atoms with E-state index in [0.29, 0.717) is 34.7 Å². The maximum Gasteiger partial charge on any atom is 0.155 e. The molecule has 7 rings (SSSR count). The zero-order chi connectivity index (χ0) is 21.4. The van der Waals surface area contributed by atoms with Gasteiger partial charge in [0.25, 0.3) is 0 Å². The fraction of sp³-hybridized carbons (Fsp3) is 0.893. The maximum atomic E-state index is 12.2. The number of hydrogen-bond acceptors (Lipinski definition) is 3. The van der Waals surface area contributed by atoms with Crippen LogP contribution in [-0.4, -0.2) is 30.1 Å². The second-order valence-corrected chi connectivity index (χ2v) is 13.5. The third-order valence-electron chi connectivity index (χ3n) is 12.6. The number of ketones is 1. The number of ether oxygens (including phenoxy) is 1. The third-order valence-corrected chi connectivity index (χ3v) is 12.6. The molecule has 5 aliphatic carbocycles. The van der Waals surface area contributed by atoms with E-state index in [2.05, 4.69) is 39.1 Å². The molecule has 11 atom stereocenters. The Morgan fingerprint density at radius 2 is 1.94 bits per heavy atom. The number of piperidine rings is 1. The minimum Gasteiger partial charge on any atom is -0.369 e. The molecule has 0 radical (unpaired) electrons. The topological polar surface area (TPSA) is 38.3 Å². The van der Waals surface area contributed by atoms with Crippen LogP contribution in [0.1, 0.15) is 85.5 Å². The summed E-state index contributed by atoms with van der Waals surface area (Å²) in [4.78, 5) is 12.2. The van der Waals surface area contributed by atoms with E-state index in [1.165, 1.54) is 50.5 Å². The van der Waals surface area contributed by atoms with E-state index in [-0.39, 0.29) is 11.0 Å². The molecule has 2 saturated heterocycles. The van der Waals surface area contributed by atoms with E-state index in [1.54, 1.807) is 0 Å². The van der Waals surface area contributed by atoms with Crippen molar-refractivity contribution in [3.63, 3.8) is 0 Å². The van der Waals surface area contributed by atoms with Crippen LogP contribution >= 0.6 is 0 Å². The summed E-state index contributed by atoms with van der Waals surface area (Å²) in [5, 5.41) is 3.90. The number of carbonyl (C=O) groups is 1. The average Bonchev–Trinajstić information content (AvgIpc) is 3.08. The molecule has 4 saturated carbocycles. The van der Waals surface area contributed by atoms with Crippen LogP contribution in [0, 0.1) is 45.8 Å². The van der Waals surface area contributed by atoms with Gasteiger partial charge in [-0.2, -0.15) is 0 Å². The molecule has 0 amide bonds. The Labute approximate surface area is 188 Å². The first kappa shape index (κ1) is 19.8. The number of fused-ring (bicyclic) bond motifs is 6. The minimum absolute atomic E-state index is 0.0888. The molecule has 170 valence electrons. The molecule has 0 aromatic rings. The van der Waals surface area contributed by atoms with Crippen LogP contribution in [0.3, 0.4) is 0 Å². The second kappa shape index (κ2) is 5.87. The summed E-state index contributed by atoms with van der Waals surface area (Å²) < 4.78 is 7.22. The zero-order valence-electron chi connectivity index (χ0n) is 20.0. The Morgan fingerprint density at radius 3 is 2.77 bits per heavy atom. The summed E-state index contributed by atoms with van der Waals surface area (Å²) >= 11 is 0. The summed E-state index contributed by atoms with van der Waals surface area (Å²) in [6, 6.07) is 0.558. The standard InChI is InChI=1S/C28H41NO2/c1-16-11-23-24(29-14-16)17(2)28(31-23)10-8-21-20-6-5-18-12-19(30)7-9-25(18,3)22(20)13-27(21)15-26(27,28)4/h12,16-17,20-24,29H,5-11,13-15H2,1-4H3/t16-,17+,20-,21-,22-,23+,24?,25-,26?,27?,28+/m0/s1. The fourth-order valence-corrected chi connectivity index (χ4v) is 11.0. The van der Waals surface area contributed by atoms with Crippen molar-refractivity contribution in [1.29, 1.82) is 0 Å². The van der Waals surface area contributed by atoms with Gasteiger partial charge in [-0.3, -0.25) is 4.79 Å². The molecular formula is C28H41NO2. The lowest BCUT2D eigenvalue weighted by Crippen LogP contribution is -2.53. The predicted molar refractivity (Wildman–Crippen MR) is 121 cm³/mol. The summed E-state index contributed by atoms with van der Waals surface area (Å²) in [6.45, 7) is 11.2. The molecule has 6 fully saturated rings. The Kier molecular flexibility index (Phi) is 3.74. The molecule has 1 N–H and O–H groups in total. The summed E-state index contributed by atoms with van der Waals surface area (Å²) in [7, 11) is 0. The summed E-state index contributed by atoms with van der Waals surface area (Å²) in [5.74, 6) is 4.30. The highest BCUT2D eigenvalue weighted by Crippen LogP contribution is 2.87. The first-order chi connectivity index (χ1) is 14.7. The molecule has 2 heterocycles. The largest absolute Gasteiger partial charge is 0.369 e. The molecule has 7 aliphatic rings. The minimum atomic E-state index is 0.0888. The number of hydrogen-bond donors (Lipinski definition) is 1. The van der Waals surface area contributed by atoms with Crippen LogP contribution in [0.4, 0.5) is 0 Å². The van der Waals surface area contributed by atoms with E-state index in [9.17, 15) is 4.79 Å². The number of allylic oxidation sites excluding steroid dienone is 2. The lowest BCUT2D eigenvalue weighted by atomic mass is 9.56. The summed E-state index contributed by atoms with van der Waals surface area (Å²) in [6.07, 6.45) is 13.6. The molecule has 3 nitrogen and oxygen atoms in total. The van der Waals surface area contributed by atoms with Crippen molar-refractivity contribution < 1.29 is 9.53 Å². The molecular weight excluding hydrogens is 382 g/mol. The van der Waals surface area contributed by atoms with Crippen molar-refractivity contribution in [2.24, 2.45) is 45.8 Å². The van der Waals surface area contributed by atoms with Crippen molar-refractivity contribution in [3.05, 3.63) is 11.6 Å². The van der Waals surface area contributed by atoms with E-state index < -0.39 is 0 Å². The Bertz CT molecular complexity index is 880. The zero-order valence-corrected chi connectivity index (χ0v) is 20.0. The maximum absolute atomic E-state index is 12.2. The molecule has 2 spiro atoms. The molecule has 3 unspecified atom stereocenters. The van der Waals surface area contributed by atoms with Gasteiger partial charge in [0.15, 0.2) is 5.78 Å². The molecule has 3 heteroatoms. The van der Waals surface area contributed by atoms with Gasteiger partial charge in [0, 0.05) is 23.8 Å². The summed E-state index contributed by atoms with van der Waals surface area (Å²) in [5.41, 5.74) is 2.74. The van der Waals surface area contributed by atoms with Gasteiger partial charge in [0.05, 0.1) is 11.7 Å². The SMILES string of the molecule is C[C@@H]1CNC2[C@@H](C)[C@@]3(CC[C@H]4[C@@H]5CCC6=CC(=O)CC[C@]6(C)[C@H]5CC45CC53C)O[C@@H]2C1. The van der Waals surface area contributed by atoms with Crippen molar-refractivity contribution in [2.45, 2.75) is 103 Å². The van der Waals surface area contributed by atoms with E-state index in [0.717, 1.165) is 43.1 Å². The quantitative estimate of drug-likeness (QED) is 0.575. The highest BCUT2D eigenvalue weighted by Gasteiger charge is 2.84. The second-order valence-electron chi connectivity index (χ2n) is 13.5. The highest BCUT2D eigenvalue weighted by molar-refractivity contribution is 5.91. The van der Waals surface area contributed by atoms with Gasteiger partial charge in [-0.1, -0.05) is 33.3 Å². The van der Waals surface area contributed by atoms with Gasteiger partial charge in [-0.05, 0) is 98.5 Å². The van der Waals surface area contributed by atoms with Gasteiger partial charge < -0.3 is 10.1 Å². The number of nitrogens with one attached hydrogen (secondary N) is 1. The Balaban J connectivity index is 1.24. The monoisotopic (exact) mass is 423 g/mol. The van der Waals surface area contributed by atoms with Gasteiger partial charge in [0.1, 0.15) is 0 Å². The van der Waals surface area contributed by atoms with Crippen molar-refractivity contribution in [1.82, 2.24) is 5.32 Å². The first-order valence-corrected chi connectivity index (χ1v) is 13.4. The molecule has 0 bridgehead atoms. The van der Waals surface area contributed by atoms with Crippen molar-refractivity contribution in [3.8, 4) is 0 Å². The van der Waals surface area contributed by atoms with E-state index in [1.807, 2.05) is 0 Å². The van der Waals surface area contributed by atoms with Gasteiger partial charge in [-0.15, -0.1) is 0 Å². The van der Waals surface area contributed by atoms with Crippen molar-refractivity contribution >= 4 is 5.78 Å². The normalized spacial score (nSPS) is 61.7. The Morgan fingerprint density at radius 1 is 1.10 bits per heavy atom. The molecule has 0 aromatic carbocycles. The van der Waals surface area contributed by atoms with E-state index >= 15 is 0 Å². The molecule has 31 heavy (non-hydrogen) atoms. The van der Waals surface area contributed by atoms with E-state index in [4.69, 9.17) is 4.74 Å². The predicted octanol–water partition coefficient (Wildman–Crippen LogP) is 5.29. The van der Waals surface area contributed by atoms with Crippen LogP contribution in [0.25, 0.3) is 0 Å². The van der Waals surface area contributed by atoms with Crippen LogP contribution in [-0.2, 0) is 9.53 Å². The molecule has 0 aromatic heterocycles. The van der Waals surface area contributed by atoms with Gasteiger partial charge in [0.2, 0.25) is 0 Å². The lowest BCUT2D eigenvalue weighted by molar-refractivity contribution is -0.147. The average molecular weight is 424 g/mol. The Hall–Kier alpha value is -0.670. The number of carbonyl (C=O) groups excluding carboxylic acids is 1. The first-order valence-electron chi connectivity index (χ1n) is 13.4. The number of rotatable bonds is 0. The van der Waals surface area contributed by atoms with Gasteiger partial charge in [-0.25, -0.2) is 0 Å².